The first-order chi connectivity index (χ1) is 16.9. The number of nitrogens with one attached hydrogen (secondary N) is 1. The molecule has 1 N–H and O–H groups in total. The minimum atomic E-state index is -0.363. The largest absolute Gasteiger partial charge is 0.493 e. The molecule has 0 aliphatic rings. The van der Waals surface area contributed by atoms with E-state index in [0.29, 0.717) is 41.8 Å². The number of halogens is 2. The fourth-order valence-corrected chi connectivity index (χ4v) is 4.11. The Hall–Kier alpha value is -2.79. The van der Waals surface area contributed by atoms with Gasteiger partial charge in [0.1, 0.15) is 6.61 Å². The van der Waals surface area contributed by atoms with Crippen molar-refractivity contribution in [2.24, 2.45) is 5.10 Å². The highest BCUT2D eigenvalue weighted by Gasteiger charge is 2.13. The summed E-state index contributed by atoms with van der Waals surface area (Å²) in [6.45, 7) is 3.00. The van der Waals surface area contributed by atoms with Gasteiger partial charge < -0.3 is 18.9 Å². The van der Waals surface area contributed by atoms with Gasteiger partial charge in [0.2, 0.25) is 0 Å². The second-order valence-corrected chi connectivity index (χ2v) is 9.44. The average Bonchev–Trinajstić information content (AvgIpc) is 2.87. The standard InChI is InChI=1S/C26H26BrIN2O5/c1-4-11-34-22-10-7-19(14-23(22)32-2)26(31)30-29-15-18-12-21(28)25(24(13-18)33-3)35-16-17-5-8-20(27)9-6-17/h5-10,12-15H,4,11,16H2,1-3H3,(H,30,31)/b29-15+. The van der Waals surface area contributed by atoms with Crippen LogP contribution in [-0.2, 0) is 6.61 Å². The zero-order valence-corrected chi connectivity index (χ0v) is 23.4. The van der Waals surface area contributed by atoms with E-state index in [2.05, 4.69) is 49.0 Å². The van der Waals surface area contributed by atoms with Crippen molar-refractivity contribution in [2.45, 2.75) is 20.0 Å². The lowest BCUT2D eigenvalue weighted by molar-refractivity contribution is 0.0954. The molecule has 0 saturated heterocycles. The summed E-state index contributed by atoms with van der Waals surface area (Å²) in [6.07, 6.45) is 2.43. The number of methoxy groups -OCH3 is 2. The Morgan fingerprint density at radius 3 is 2.43 bits per heavy atom. The third-order valence-corrected chi connectivity index (χ3v) is 6.15. The molecule has 0 spiro atoms. The van der Waals surface area contributed by atoms with Gasteiger partial charge in [0.05, 0.1) is 30.6 Å². The molecule has 1 amide bonds. The van der Waals surface area contributed by atoms with E-state index in [9.17, 15) is 4.79 Å². The summed E-state index contributed by atoms with van der Waals surface area (Å²) >= 11 is 5.62. The summed E-state index contributed by atoms with van der Waals surface area (Å²) in [6, 6.07) is 16.6. The zero-order valence-electron chi connectivity index (χ0n) is 19.6. The Morgan fingerprint density at radius 2 is 1.74 bits per heavy atom. The highest BCUT2D eigenvalue weighted by atomic mass is 127. The lowest BCUT2D eigenvalue weighted by Crippen LogP contribution is -2.17. The third kappa shape index (κ3) is 7.60. The monoisotopic (exact) mass is 652 g/mol. The van der Waals surface area contributed by atoms with Crippen LogP contribution in [0.4, 0.5) is 0 Å². The quantitative estimate of drug-likeness (QED) is 0.152. The normalized spacial score (nSPS) is 10.8. The van der Waals surface area contributed by atoms with Gasteiger partial charge >= 0.3 is 0 Å². The molecular formula is C26H26BrIN2O5. The fourth-order valence-electron chi connectivity index (χ4n) is 3.06. The van der Waals surface area contributed by atoms with Crippen molar-refractivity contribution in [3.05, 3.63) is 79.3 Å². The lowest BCUT2D eigenvalue weighted by atomic mass is 10.2. The topological polar surface area (TPSA) is 78.4 Å². The first-order valence-corrected chi connectivity index (χ1v) is 12.7. The summed E-state index contributed by atoms with van der Waals surface area (Å²) in [4.78, 5) is 12.5. The number of hydrogen-bond donors (Lipinski definition) is 1. The van der Waals surface area contributed by atoms with Crippen molar-refractivity contribution >= 4 is 50.6 Å². The van der Waals surface area contributed by atoms with Gasteiger partial charge in [0.15, 0.2) is 23.0 Å². The summed E-state index contributed by atoms with van der Waals surface area (Å²) in [5, 5.41) is 4.09. The molecule has 3 aromatic rings. The molecule has 7 nitrogen and oxygen atoms in total. The van der Waals surface area contributed by atoms with Crippen molar-refractivity contribution in [2.75, 3.05) is 20.8 Å². The SMILES string of the molecule is CCCOc1ccc(C(=O)N/N=C/c2cc(I)c(OCc3ccc(Br)cc3)c(OC)c2)cc1OC. The van der Waals surface area contributed by atoms with Crippen LogP contribution >= 0.6 is 38.5 Å². The molecule has 0 radical (unpaired) electrons. The number of hydrazone groups is 1. The molecule has 0 aliphatic heterocycles. The van der Waals surface area contributed by atoms with Crippen molar-refractivity contribution in [3.63, 3.8) is 0 Å². The molecule has 0 bridgehead atoms. The number of nitrogens with zero attached hydrogens (tertiary/aromatic N) is 1. The number of carbonyl (C=O) groups is 1. The number of rotatable bonds is 11. The van der Waals surface area contributed by atoms with Gasteiger partial charge in [0.25, 0.3) is 5.91 Å². The van der Waals surface area contributed by atoms with Crippen LogP contribution in [0, 0.1) is 3.57 Å². The molecule has 35 heavy (non-hydrogen) atoms. The predicted octanol–water partition coefficient (Wildman–Crippen LogP) is 6.20. The van der Waals surface area contributed by atoms with E-state index in [1.54, 1.807) is 37.6 Å². The summed E-state index contributed by atoms with van der Waals surface area (Å²) in [7, 11) is 3.12. The van der Waals surface area contributed by atoms with Crippen molar-refractivity contribution in [1.82, 2.24) is 5.43 Å². The second-order valence-electron chi connectivity index (χ2n) is 7.36. The molecule has 0 heterocycles. The Morgan fingerprint density at radius 1 is 1.00 bits per heavy atom. The Labute approximate surface area is 227 Å². The molecule has 184 valence electrons. The molecule has 3 rings (SSSR count). The van der Waals surface area contributed by atoms with Crippen LogP contribution in [0.15, 0.2) is 64.2 Å². The van der Waals surface area contributed by atoms with Crippen LogP contribution in [0.3, 0.4) is 0 Å². The third-order valence-electron chi connectivity index (χ3n) is 4.82. The van der Waals surface area contributed by atoms with Gasteiger partial charge in [-0.3, -0.25) is 4.79 Å². The van der Waals surface area contributed by atoms with Crippen molar-refractivity contribution in [3.8, 4) is 23.0 Å². The molecule has 0 saturated carbocycles. The molecule has 0 aliphatic carbocycles. The maximum Gasteiger partial charge on any atom is 0.271 e. The van der Waals surface area contributed by atoms with Crippen LogP contribution in [-0.4, -0.2) is 32.9 Å². The van der Waals surface area contributed by atoms with Crippen LogP contribution in [0.2, 0.25) is 0 Å². The maximum atomic E-state index is 12.5. The molecule has 0 atom stereocenters. The minimum absolute atomic E-state index is 0.363. The summed E-state index contributed by atoms with van der Waals surface area (Å²) in [5.41, 5.74) is 4.74. The van der Waals surface area contributed by atoms with Gasteiger partial charge in [-0.15, -0.1) is 0 Å². The Bertz CT molecular complexity index is 1190. The molecule has 0 unspecified atom stereocenters. The summed E-state index contributed by atoms with van der Waals surface area (Å²) in [5.74, 6) is 1.95. The first-order valence-electron chi connectivity index (χ1n) is 10.8. The number of amides is 1. The van der Waals surface area contributed by atoms with E-state index in [1.807, 2.05) is 37.3 Å². The maximum absolute atomic E-state index is 12.5. The predicted molar refractivity (Wildman–Crippen MR) is 148 cm³/mol. The van der Waals surface area contributed by atoms with E-state index in [1.165, 1.54) is 7.11 Å². The van der Waals surface area contributed by atoms with Crippen LogP contribution in [0.1, 0.15) is 34.8 Å². The molecule has 3 aromatic carbocycles. The van der Waals surface area contributed by atoms with Gasteiger partial charge in [-0.05, 0) is 82.6 Å². The molecular weight excluding hydrogens is 627 g/mol. The average molecular weight is 653 g/mol. The van der Waals surface area contributed by atoms with Crippen molar-refractivity contribution in [1.29, 1.82) is 0 Å². The zero-order chi connectivity index (χ0) is 25.2. The van der Waals surface area contributed by atoms with Crippen LogP contribution < -0.4 is 24.4 Å². The van der Waals surface area contributed by atoms with Gasteiger partial charge in [-0.1, -0.05) is 35.0 Å². The first kappa shape index (κ1) is 26.8. The highest BCUT2D eigenvalue weighted by molar-refractivity contribution is 14.1. The van der Waals surface area contributed by atoms with Crippen LogP contribution in [0.25, 0.3) is 0 Å². The fraction of sp³-hybridized carbons (Fsp3) is 0.231. The molecule has 0 fully saturated rings. The summed E-state index contributed by atoms with van der Waals surface area (Å²) < 4.78 is 24.4. The molecule has 0 aromatic heterocycles. The second kappa shape index (κ2) is 13.3. The Balaban J connectivity index is 1.66. The smallest absolute Gasteiger partial charge is 0.271 e. The van der Waals surface area contributed by atoms with E-state index in [4.69, 9.17) is 18.9 Å². The van der Waals surface area contributed by atoms with Gasteiger partial charge in [0, 0.05) is 10.0 Å². The van der Waals surface area contributed by atoms with E-state index in [0.717, 1.165) is 25.6 Å². The van der Waals surface area contributed by atoms with E-state index < -0.39 is 0 Å². The number of ether oxygens (including phenoxy) is 4. The lowest BCUT2D eigenvalue weighted by Gasteiger charge is -2.13. The van der Waals surface area contributed by atoms with E-state index >= 15 is 0 Å². The van der Waals surface area contributed by atoms with Crippen LogP contribution in [0.5, 0.6) is 23.0 Å². The number of benzene rings is 3. The van der Waals surface area contributed by atoms with E-state index in [-0.39, 0.29) is 5.91 Å². The molecule has 9 heteroatoms. The Kier molecular flexibility index (Phi) is 10.2. The number of hydrogen-bond acceptors (Lipinski definition) is 6. The minimum Gasteiger partial charge on any atom is -0.493 e. The number of carbonyl (C=O) groups excluding carboxylic acids is 1. The van der Waals surface area contributed by atoms with Gasteiger partial charge in [-0.25, -0.2) is 5.43 Å². The van der Waals surface area contributed by atoms with Crippen molar-refractivity contribution < 1.29 is 23.7 Å². The highest BCUT2D eigenvalue weighted by Crippen LogP contribution is 2.34. The van der Waals surface area contributed by atoms with Gasteiger partial charge in [-0.2, -0.15) is 5.10 Å².